The first kappa shape index (κ1) is 21.6. The number of amides is 2. The summed E-state index contributed by atoms with van der Waals surface area (Å²) in [4.78, 5) is 24.4. The van der Waals surface area contributed by atoms with E-state index in [0.717, 1.165) is 11.7 Å². The number of nitrogens with one attached hydrogen (secondary N) is 2. The first-order chi connectivity index (χ1) is 13.8. The Hall–Kier alpha value is -2.11. The van der Waals surface area contributed by atoms with Gasteiger partial charge in [-0.1, -0.05) is 19.9 Å². The molecule has 0 bridgehead atoms. The number of carbonyl (C=O) groups is 2. The lowest BCUT2D eigenvalue weighted by atomic mass is 9.99. The van der Waals surface area contributed by atoms with Gasteiger partial charge in [0.1, 0.15) is 15.9 Å². The van der Waals surface area contributed by atoms with Crippen LogP contribution in [0.5, 0.6) is 0 Å². The van der Waals surface area contributed by atoms with Gasteiger partial charge < -0.3 is 10.6 Å². The summed E-state index contributed by atoms with van der Waals surface area (Å²) in [6.07, 6.45) is 1.15. The van der Waals surface area contributed by atoms with Gasteiger partial charge in [0.15, 0.2) is 0 Å². The molecule has 158 valence electrons. The van der Waals surface area contributed by atoms with Crippen molar-refractivity contribution in [2.75, 3.05) is 26.2 Å². The van der Waals surface area contributed by atoms with Gasteiger partial charge in [-0.25, -0.2) is 8.42 Å². The van der Waals surface area contributed by atoms with Gasteiger partial charge in [-0.2, -0.15) is 13.1 Å². The van der Waals surface area contributed by atoms with E-state index in [1.165, 1.54) is 10.4 Å². The molecule has 1 aromatic carbocycles. The quantitative estimate of drug-likeness (QED) is 0.663. The van der Waals surface area contributed by atoms with E-state index >= 15 is 0 Å². The molecule has 2 amide bonds. The normalized spacial score (nSPS) is 18.1. The summed E-state index contributed by atoms with van der Waals surface area (Å²) in [5, 5.41) is 5.36. The number of benzene rings is 1. The summed E-state index contributed by atoms with van der Waals surface area (Å²) in [7, 11) is -3.80. The number of piperidine rings is 1. The smallest absolute Gasteiger partial charge is 0.245 e. The van der Waals surface area contributed by atoms with Crippen molar-refractivity contribution in [3.05, 3.63) is 18.2 Å². The molecular weight excluding hydrogens is 414 g/mol. The third-order valence-corrected chi connectivity index (χ3v) is 7.19. The molecule has 1 aliphatic heterocycles. The van der Waals surface area contributed by atoms with E-state index in [-0.39, 0.29) is 29.8 Å². The maximum atomic E-state index is 13.1. The van der Waals surface area contributed by atoms with Crippen molar-refractivity contribution >= 4 is 44.6 Å². The molecule has 1 aliphatic rings. The van der Waals surface area contributed by atoms with Crippen LogP contribution in [0.2, 0.25) is 0 Å². The zero-order valence-corrected chi connectivity index (χ0v) is 18.1. The van der Waals surface area contributed by atoms with Crippen LogP contribution in [0.4, 0.5) is 0 Å². The third-order valence-electron chi connectivity index (χ3n) is 4.75. The molecule has 11 heteroatoms. The molecular formula is C18H25N5O4S2. The zero-order chi connectivity index (χ0) is 21.0. The summed E-state index contributed by atoms with van der Waals surface area (Å²) in [5.74, 6) is -0.735. The van der Waals surface area contributed by atoms with Crippen LogP contribution in [-0.2, 0) is 19.6 Å². The fourth-order valence-corrected chi connectivity index (χ4v) is 5.47. The van der Waals surface area contributed by atoms with Crippen LogP contribution in [0, 0.1) is 11.8 Å². The molecule has 0 aliphatic carbocycles. The molecule has 0 radical (unpaired) electrons. The standard InChI is InChI=1S/C18H25N5O4S2/c1-12(2)9-19-16(24)10-20-18(25)13-5-4-8-23(11-13)29(26,27)15-7-3-6-14-17(15)22-28-21-14/h3,6-7,12-13H,4-5,8-11H2,1-2H3,(H,19,24)(H,20,25). The first-order valence-electron chi connectivity index (χ1n) is 9.55. The highest BCUT2D eigenvalue weighted by atomic mass is 32.2. The van der Waals surface area contributed by atoms with Crippen LogP contribution in [-0.4, -0.2) is 59.5 Å². The molecule has 29 heavy (non-hydrogen) atoms. The van der Waals surface area contributed by atoms with Crippen LogP contribution in [0.15, 0.2) is 23.1 Å². The Bertz CT molecular complexity index is 989. The van der Waals surface area contributed by atoms with Crippen LogP contribution in [0.3, 0.4) is 0 Å². The van der Waals surface area contributed by atoms with Crippen molar-refractivity contribution in [2.24, 2.45) is 11.8 Å². The second kappa shape index (κ2) is 9.14. The van der Waals surface area contributed by atoms with E-state index in [0.29, 0.717) is 42.9 Å². The molecule has 2 heterocycles. The van der Waals surface area contributed by atoms with Gasteiger partial charge in [0.25, 0.3) is 0 Å². The van der Waals surface area contributed by atoms with E-state index in [4.69, 9.17) is 0 Å². The van der Waals surface area contributed by atoms with Crippen molar-refractivity contribution in [3.8, 4) is 0 Å². The number of sulfonamides is 1. The minimum Gasteiger partial charge on any atom is -0.354 e. The average molecular weight is 440 g/mol. The minimum atomic E-state index is -3.80. The van der Waals surface area contributed by atoms with E-state index in [9.17, 15) is 18.0 Å². The van der Waals surface area contributed by atoms with Crippen molar-refractivity contribution in [2.45, 2.75) is 31.6 Å². The van der Waals surface area contributed by atoms with Gasteiger partial charge in [0, 0.05) is 19.6 Å². The zero-order valence-electron chi connectivity index (χ0n) is 16.4. The Morgan fingerprint density at radius 3 is 2.83 bits per heavy atom. The minimum absolute atomic E-state index is 0.0791. The van der Waals surface area contributed by atoms with Crippen molar-refractivity contribution in [1.29, 1.82) is 0 Å². The lowest BCUT2D eigenvalue weighted by Gasteiger charge is -2.31. The van der Waals surface area contributed by atoms with Crippen LogP contribution >= 0.6 is 11.7 Å². The molecule has 0 saturated carbocycles. The van der Waals surface area contributed by atoms with E-state index in [1.54, 1.807) is 12.1 Å². The van der Waals surface area contributed by atoms with Gasteiger partial charge in [0.2, 0.25) is 21.8 Å². The van der Waals surface area contributed by atoms with Gasteiger partial charge in [0.05, 0.1) is 24.2 Å². The van der Waals surface area contributed by atoms with Crippen LogP contribution < -0.4 is 10.6 Å². The third kappa shape index (κ3) is 5.09. The van der Waals surface area contributed by atoms with Gasteiger partial charge in [-0.15, -0.1) is 0 Å². The van der Waals surface area contributed by atoms with Crippen LogP contribution in [0.1, 0.15) is 26.7 Å². The molecule has 1 saturated heterocycles. The molecule has 2 N–H and O–H groups in total. The molecule has 1 fully saturated rings. The maximum absolute atomic E-state index is 13.1. The number of rotatable bonds is 7. The second-order valence-corrected chi connectivity index (χ2v) is 9.94. The topological polar surface area (TPSA) is 121 Å². The van der Waals surface area contributed by atoms with Crippen LogP contribution in [0.25, 0.3) is 11.0 Å². The summed E-state index contributed by atoms with van der Waals surface area (Å²) in [5.41, 5.74) is 0.890. The van der Waals surface area contributed by atoms with Crippen molar-refractivity contribution in [3.63, 3.8) is 0 Å². The monoisotopic (exact) mass is 439 g/mol. The van der Waals surface area contributed by atoms with Gasteiger partial charge >= 0.3 is 0 Å². The maximum Gasteiger partial charge on any atom is 0.245 e. The van der Waals surface area contributed by atoms with E-state index < -0.39 is 15.9 Å². The average Bonchev–Trinajstić information content (AvgIpc) is 3.19. The molecule has 1 aromatic heterocycles. The Morgan fingerprint density at radius 1 is 1.28 bits per heavy atom. The Morgan fingerprint density at radius 2 is 2.07 bits per heavy atom. The van der Waals surface area contributed by atoms with Gasteiger partial charge in [-0.3, -0.25) is 9.59 Å². The fourth-order valence-electron chi connectivity index (χ4n) is 3.20. The molecule has 0 spiro atoms. The van der Waals surface area contributed by atoms with Crippen molar-refractivity contribution in [1.82, 2.24) is 23.7 Å². The predicted molar refractivity (Wildman–Crippen MR) is 110 cm³/mol. The number of fused-ring (bicyclic) bond motifs is 1. The number of hydrogen-bond donors (Lipinski definition) is 2. The second-order valence-electron chi connectivity index (χ2n) is 7.51. The number of nitrogens with zero attached hydrogens (tertiary/aromatic N) is 3. The highest BCUT2D eigenvalue weighted by Crippen LogP contribution is 2.28. The highest BCUT2D eigenvalue weighted by Gasteiger charge is 2.34. The summed E-state index contributed by atoms with van der Waals surface area (Å²) in [6, 6.07) is 4.87. The fraction of sp³-hybridized carbons (Fsp3) is 0.556. The predicted octanol–water partition coefficient (Wildman–Crippen LogP) is 0.980. The Labute approximate surface area is 174 Å². The summed E-state index contributed by atoms with van der Waals surface area (Å²) in [6.45, 7) is 4.82. The molecule has 3 rings (SSSR count). The number of hydrogen-bond acceptors (Lipinski definition) is 7. The van der Waals surface area contributed by atoms with E-state index in [2.05, 4.69) is 19.4 Å². The molecule has 1 atom stereocenters. The van der Waals surface area contributed by atoms with Crippen molar-refractivity contribution < 1.29 is 18.0 Å². The Kier molecular flexibility index (Phi) is 6.81. The molecule has 9 nitrogen and oxygen atoms in total. The molecule has 2 aromatic rings. The lowest BCUT2D eigenvalue weighted by Crippen LogP contribution is -2.47. The number of aromatic nitrogens is 2. The Balaban J connectivity index is 1.65. The first-order valence-corrected chi connectivity index (χ1v) is 11.7. The number of carbonyl (C=O) groups excluding carboxylic acids is 2. The SMILES string of the molecule is CC(C)CNC(=O)CNC(=O)C1CCCN(S(=O)(=O)c2cccc3nsnc23)C1. The lowest BCUT2D eigenvalue weighted by molar-refractivity contribution is -0.129. The summed E-state index contributed by atoms with van der Waals surface area (Å²) < 4.78 is 35.8. The largest absolute Gasteiger partial charge is 0.354 e. The molecule has 1 unspecified atom stereocenters. The van der Waals surface area contributed by atoms with E-state index in [1.807, 2.05) is 13.8 Å². The van der Waals surface area contributed by atoms with Gasteiger partial charge in [-0.05, 0) is 30.9 Å². The summed E-state index contributed by atoms with van der Waals surface area (Å²) >= 11 is 0.965. The highest BCUT2D eigenvalue weighted by molar-refractivity contribution is 7.89.